The normalized spacial score (nSPS) is 15.5. The molecule has 0 aromatic heterocycles. The Kier molecular flexibility index (Phi) is 4.36. The van der Waals surface area contributed by atoms with Gasteiger partial charge in [0.05, 0.1) is 6.10 Å². The third kappa shape index (κ3) is 2.96. The molecule has 3 heteroatoms. The summed E-state index contributed by atoms with van der Waals surface area (Å²) in [4.78, 5) is 12.0. The lowest BCUT2D eigenvalue weighted by atomic mass is 9.88. The number of fused-ring (bicyclic) bond motifs is 1. The van der Waals surface area contributed by atoms with Crippen molar-refractivity contribution in [3.8, 4) is 11.1 Å². The monoisotopic (exact) mass is 295 g/mol. The van der Waals surface area contributed by atoms with E-state index in [-0.39, 0.29) is 5.78 Å². The summed E-state index contributed by atoms with van der Waals surface area (Å²) in [5.74, 6) is 0.248. The molecule has 1 aliphatic rings. The molecule has 0 amide bonds. The van der Waals surface area contributed by atoms with E-state index < -0.39 is 6.10 Å². The van der Waals surface area contributed by atoms with Crippen molar-refractivity contribution in [2.45, 2.75) is 31.8 Å². The maximum Gasteiger partial charge on any atom is 0.163 e. The van der Waals surface area contributed by atoms with Gasteiger partial charge in [-0.05, 0) is 54.1 Å². The zero-order chi connectivity index (χ0) is 15.5. The van der Waals surface area contributed by atoms with E-state index in [1.54, 1.807) is 0 Å². The number of hydrogen-bond acceptors (Lipinski definition) is 3. The van der Waals surface area contributed by atoms with E-state index in [2.05, 4.69) is 12.1 Å². The fourth-order valence-corrected chi connectivity index (χ4v) is 3.03. The summed E-state index contributed by atoms with van der Waals surface area (Å²) in [5.41, 5.74) is 10.5. The maximum absolute atomic E-state index is 12.0. The molecule has 3 N–H and O–H groups in total. The van der Waals surface area contributed by atoms with Crippen molar-refractivity contribution in [3.05, 3.63) is 59.2 Å². The van der Waals surface area contributed by atoms with Gasteiger partial charge in [-0.3, -0.25) is 4.79 Å². The minimum absolute atomic E-state index is 0.248. The number of aliphatic hydroxyl groups is 1. The first-order valence-corrected chi connectivity index (χ1v) is 7.83. The molecule has 0 fully saturated rings. The van der Waals surface area contributed by atoms with E-state index in [4.69, 9.17) is 5.73 Å². The van der Waals surface area contributed by atoms with Gasteiger partial charge in [-0.15, -0.1) is 0 Å². The predicted octanol–water partition coefficient (Wildman–Crippen LogP) is 3.25. The van der Waals surface area contributed by atoms with Crippen LogP contribution < -0.4 is 5.73 Å². The van der Waals surface area contributed by atoms with Crippen molar-refractivity contribution in [2.75, 3.05) is 6.54 Å². The molecule has 0 bridgehead atoms. The molecule has 0 spiro atoms. The summed E-state index contributed by atoms with van der Waals surface area (Å²) in [7, 11) is 0. The smallest absolute Gasteiger partial charge is 0.163 e. The molecular formula is C19H21NO2. The highest BCUT2D eigenvalue weighted by Crippen LogP contribution is 2.28. The van der Waals surface area contributed by atoms with Crippen molar-refractivity contribution >= 4 is 5.78 Å². The second-order valence-corrected chi connectivity index (χ2v) is 5.86. The molecule has 2 aromatic carbocycles. The van der Waals surface area contributed by atoms with E-state index in [0.29, 0.717) is 19.4 Å². The summed E-state index contributed by atoms with van der Waals surface area (Å²) in [6.07, 6.45) is 2.65. The molecule has 114 valence electrons. The molecule has 1 atom stereocenters. The average Bonchev–Trinajstić information content (AvgIpc) is 2.55. The molecule has 1 aliphatic carbocycles. The molecule has 3 rings (SSSR count). The largest absolute Gasteiger partial charge is 0.388 e. The van der Waals surface area contributed by atoms with Gasteiger partial charge in [0.1, 0.15) is 0 Å². The minimum Gasteiger partial charge on any atom is -0.388 e. The quantitative estimate of drug-likeness (QED) is 0.910. The van der Waals surface area contributed by atoms with Crippen LogP contribution in [0.25, 0.3) is 11.1 Å². The van der Waals surface area contributed by atoms with Crippen molar-refractivity contribution in [2.24, 2.45) is 5.73 Å². The van der Waals surface area contributed by atoms with Crippen LogP contribution in [0.4, 0.5) is 0 Å². The van der Waals surface area contributed by atoms with E-state index in [1.807, 2.05) is 30.3 Å². The Labute approximate surface area is 130 Å². The van der Waals surface area contributed by atoms with Crippen molar-refractivity contribution < 1.29 is 9.90 Å². The second-order valence-electron chi connectivity index (χ2n) is 5.86. The third-order valence-corrected chi connectivity index (χ3v) is 4.33. The minimum atomic E-state index is -0.510. The molecule has 22 heavy (non-hydrogen) atoms. The van der Waals surface area contributed by atoms with E-state index in [1.165, 1.54) is 0 Å². The van der Waals surface area contributed by atoms with E-state index >= 15 is 0 Å². The van der Waals surface area contributed by atoms with Gasteiger partial charge in [-0.25, -0.2) is 0 Å². The zero-order valence-corrected chi connectivity index (χ0v) is 12.6. The molecule has 2 aromatic rings. The topological polar surface area (TPSA) is 63.3 Å². The Morgan fingerprint density at radius 2 is 1.77 bits per heavy atom. The van der Waals surface area contributed by atoms with Crippen molar-refractivity contribution in [1.29, 1.82) is 0 Å². The Bertz CT molecular complexity index is 676. The van der Waals surface area contributed by atoms with Crippen LogP contribution in [0.1, 0.15) is 46.9 Å². The van der Waals surface area contributed by atoms with Crippen molar-refractivity contribution in [3.63, 3.8) is 0 Å². The number of aryl methyl sites for hydroxylation is 1. The van der Waals surface area contributed by atoms with Crippen LogP contribution in [-0.2, 0) is 6.42 Å². The Morgan fingerprint density at radius 3 is 2.50 bits per heavy atom. The highest BCUT2D eigenvalue weighted by atomic mass is 16.3. The van der Waals surface area contributed by atoms with Crippen LogP contribution in [0.2, 0.25) is 0 Å². The third-order valence-electron chi connectivity index (χ3n) is 4.33. The molecule has 0 saturated carbocycles. The van der Waals surface area contributed by atoms with E-state index in [0.717, 1.165) is 40.7 Å². The van der Waals surface area contributed by atoms with Gasteiger partial charge >= 0.3 is 0 Å². The van der Waals surface area contributed by atoms with E-state index in [9.17, 15) is 9.90 Å². The Morgan fingerprint density at radius 1 is 1.05 bits per heavy atom. The first kappa shape index (κ1) is 14.9. The molecule has 3 nitrogen and oxygen atoms in total. The summed E-state index contributed by atoms with van der Waals surface area (Å²) in [5, 5.41) is 9.95. The van der Waals surface area contributed by atoms with Gasteiger partial charge < -0.3 is 10.8 Å². The predicted molar refractivity (Wildman–Crippen MR) is 87.8 cm³/mol. The van der Waals surface area contributed by atoms with Gasteiger partial charge in [0.15, 0.2) is 5.78 Å². The van der Waals surface area contributed by atoms with Gasteiger partial charge in [0.2, 0.25) is 0 Å². The van der Waals surface area contributed by atoms with Crippen LogP contribution in [0.5, 0.6) is 0 Å². The van der Waals surface area contributed by atoms with Crippen LogP contribution in [0.15, 0.2) is 42.5 Å². The number of benzene rings is 2. The van der Waals surface area contributed by atoms with Crippen molar-refractivity contribution in [1.82, 2.24) is 0 Å². The van der Waals surface area contributed by atoms with Gasteiger partial charge in [0, 0.05) is 12.0 Å². The van der Waals surface area contributed by atoms with Crippen LogP contribution in [0.3, 0.4) is 0 Å². The first-order chi connectivity index (χ1) is 10.7. The summed E-state index contributed by atoms with van der Waals surface area (Å²) in [6, 6.07) is 14.0. The molecule has 0 heterocycles. The Hall–Kier alpha value is -1.97. The average molecular weight is 295 g/mol. The molecule has 0 saturated heterocycles. The highest BCUT2D eigenvalue weighted by molar-refractivity contribution is 5.99. The zero-order valence-electron chi connectivity index (χ0n) is 12.6. The number of Topliss-reactive ketones (excluding diaryl/α,β-unsaturated/α-hetero) is 1. The van der Waals surface area contributed by atoms with Crippen LogP contribution in [0, 0.1) is 0 Å². The van der Waals surface area contributed by atoms with Crippen LogP contribution in [-0.4, -0.2) is 17.4 Å². The fourth-order valence-electron chi connectivity index (χ4n) is 3.03. The summed E-state index contributed by atoms with van der Waals surface area (Å²) < 4.78 is 0. The number of carbonyl (C=O) groups excluding carboxylic acids is 1. The number of ketones is 1. The number of nitrogens with two attached hydrogens (primary N) is 1. The first-order valence-electron chi connectivity index (χ1n) is 7.83. The molecule has 1 unspecified atom stereocenters. The number of carbonyl (C=O) groups is 1. The van der Waals surface area contributed by atoms with Gasteiger partial charge in [0.25, 0.3) is 0 Å². The standard InChI is InChI=1S/C19H21NO2/c20-11-10-18(21)15-7-4-13(5-8-15)16-9-6-14-2-1-3-19(22)17(14)12-16/h4-9,12,18,21H,1-3,10-11,20H2. The fraction of sp³-hybridized carbons (Fsp3) is 0.316. The lowest BCUT2D eigenvalue weighted by Gasteiger charge is -2.16. The lowest BCUT2D eigenvalue weighted by molar-refractivity contribution is 0.0972. The maximum atomic E-state index is 12.0. The summed E-state index contributed by atoms with van der Waals surface area (Å²) in [6.45, 7) is 0.468. The number of hydrogen-bond donors (Lipinski definition) is 2. The number of aliphatic hydroxyl groups excluding tert-OH is 1. The second kappa shape index (κ2) is 6.42. The SMILES string of the molecule is NCCC(O)c1ccc(-c2ccc3c(c2)C(=O)CCC3)cc1. The lowest BCUT2D eigenvalue weighted by Crippen LogP contribution is -2.10. The molecule has 0 radical (unpaired) electrons. The Balaban J connectivity index is 1.88. The van der Waals surface area contributed by atoms with Crippen LogP contribution >= 0.6 is 0 Å². The van der Waals surface area contributed by atoms with Gasteiger partial charge in [-0.2, -0.15) is 0 Å². The van der Waals surface area contributed by atoms with Gasteiger partial charge in [-0.1, -0.05) is 36.4 Å². The highest BCUT2D eigenvalue weighted by Gasteiger charge is 2.17. The summed E-state index contributed by atoms with van der Waals surface area (Å²) >= 11 is 0. The number of rotatable bonds is 4. The molecular weight excluding hydrogens is 274 g/mol. The molecule has 0 aliphatic heterocycles.